The van der Waals surface area contributed by atoms with Crippen LogP contribution in [0.3, 0.4) is 0 Å². The average Bonchev–Trinajstić information content (AvgIpc) is 3.51. The molecule has 2 fully saturated rings. The van der Waals surface area contributed by atoms with E-state index in [-0.39, 0.29) is 23.3 Å². The van der Waals surface area contributed by atoms with Crippen LogP contribution in [-0.4, -0.2) is 56.2 Å². The first-order chi connectivity index (χ1) is 14.7. The van der Waals surface area contributed by atoms with Crippen molar-refractivity contribution in [3.05, 3.63) is 35.1 Å². The van der Waals surface area contributed by atoms with Crippen molar-refractivity contribution in [2.45, 2.75) is 56.5 Å². The quantitative estimate of drug-likeness (QED) is 0.562. The highest BCUT2D eigenvalue weighted by atomic mass is 32.2. The zero-order chi connectivity index (χ0) is 23.7. The second-order valence-electron chi connectivity index (χ2n) is 9.39. The van der Waals surface area contributed by atoms with Crippen LogP contribution in [0.4, 0.5) is 17.6 Å². The summed E-state index contributed by atoms with van der Waals surface area (Å²) in [5.74, 6) is -1.72. The summed E-state index contributed by atoms with van der Waals surface area (Å²) in [4.78, 5) is 14.4. The van der Waals surface area contributed by atoms with Gasteiger partial charge in [-0.05, 0) is 76.7 Å². The molecule has 0 bridgehead atoms. The average molecular weight is 480 g/mol. The molecule has 0 aromatic heterocycles. The van der Waals surface area contributed by atoms with Gasteiger partial charge in [-0.1, -0.05) is 0 Å². The van der Waals surface area contributed by atoms with Gasteiger partial charge in [-0.25, -0.2) is 17.5 Å². The van der Waals surface area contributed by atoms with E-state index in [1.54, 1.807) is 0 Å². The predicted molar refractivity (Wildman–Crippen MR) is 112 cm³/mol. The fraction of sp³-hybridized carbons (Fsp3) is 0.667. The zero-order valence-electron chi connectivity index (χ0n) is 18.1. The normalized spacial score (nSPS) is 19.2. The number of nitrogens with one attached hydrogen (secondary N) is 2. The van der Waals surface area contributed by atoms with Crippen LogP contribution in [0, 0.1) is 11.7 Å². The number of halogens is 4. The molecule has 0 spiro atoms. The molecule has 180 valence electrons. The summed E-state index contributed by atoms with van der Waals surface area (Å²) in [6.07, 6.45) is -1.82. The molecule has 2 aliphatic rings. The Kier molecular flexibility index (Phi) is 7.21. The van der Waals surface area contributed by atoms with Crippen molar-refractivity contribution in [3.63, 3.8) is 0 Å². The topological polar surface area (TPSA) is 78.5 Å². The first-order valence-electron chi connectivity index (χ1n) is 10.7. The fourth-order valence-electron chi connectivity index (χ4n) is 4.01. The van der Waals surface area contributed by atoms with E-state index in [9.17, 15) is 30.8 Å². The molecule has 1 aliphatic carbocycles. The molecule has 1 aromatic carbocycles. The SMILES string of the molecule is CC(C)(CN1CCC(CNC(=O)c2cc(F)cc(C(F)(F)F)c2)CC1)NS(=O)(=O)C1CC1. The lowest BCUT2D eigenvalue weighted by Gasteiger charge is -2.37. The van der Waals surface area contributed by atoms with Gasteiger partial charge in [0.25, 0.3) is 5.91 Å². The largest absolute Gasteiger partial charge is 0.416 e. The Morgan fingerprint density at radius 2 is 1.72 bits per heavy atom. The second kappa shape index (κ2) is 9.26. The maximum atomic E-state index is 13.5. The number of nitrogens with zero attached hydrogens (tertiary/aromatic N) is 1. The van der Waals surface area contributed by atoms with Crippen LogP contribution in [0.5, 0.6) is 0 Å². The van der Waals surface area contributed by atoms with Crippen molar-refractivity contribution in [2.24, 2.45) is 5.92 Å². The Hall–Kier alpha value is -1.72. The molecule has 2 N–H and O–H groups in total. The van der Waals surface area contributed by atoms with Gasteiger partial charge in [-0.15, -0.1) is 0 Å². The van der Waals surface area contributed by atoms with Crippen molar-refractivity contribution in [1.82, 2.24) is 14.9 Å². The van der Waals surface area contributed by atoms with Gasteiger partial charge in [-0.3, -0.25) is 4.79 Å². The van der Waals surface area contributed by atoms with Crippen LogP contribution in [0.25, 0.3) is 0 Å². The number of hydrogen-bond acceptors (Lipinski definition) is 4. The molecule has 1 saturated carbocycles. The Labute approximate surface area is 185 Å². The summed E-state index contributed by atoms with van der Waals surface area (Å²) in [6, 6.07) is 1.79. The van der Waals surface area contributed by atoms with Crippen molar-refractivity contribution < 1.29 is 30.8 Å². The summed E-state index contributed by atoms with van der Waals surface area (Å²) in [7, 11) is -3.29. The first-order valence-corrected chi connectivity index (χ1v) is 12.2. The van der Waals surface area contributed by atoms with Gasteiger partial charge >= 0.3 is 6.18 Å². The highest BCUT2D eigenvalue weighted by Crippen LogP contribution is 2.31. The van der Waals surface area contributed by atoms with Gasteiger partial charge in [-0.2, -0.15) is 13.2 Å². The molecule has 6 nitrogen and oxygen atoms in total. The minimum Gasteiger partial charge on any atom is -0.352 e. The first kappa shape index (κ1) is 24.9. The molecule has 0 radical (unpaired) electrons. The Morgan fingerprint density at radius 1 is 1.09 bits per heavy atom. The van der Waals surface area contributed by atoms with Crippen LogP contribution in [-0.2, 0) is 16.2 Å². The third-order valence-electron chi connectivity index (χ3n) is 5.75. The van der Waals surface area contributed by atoms with Crippen LogP contribution < -0.4 is 10.0 Å². The minimum absolute atomic E-state index is 0.136. The van der Waals surface area contributed by atoms with Crippen LogP contribution in [0.2, 0.25) is 0 Å². The molecule has 1 amide bonds. The van der Waals surface area contributed by atoms with E-state index in [2.05, 4.69) is 14.9 Å². The number of sulfonamides is 1. The molecule has 1 saturated heterocycles. The highest BCUT2D eigenvalue weighted by Gasteiger charge is 2.39. The number of alkyl halides is 3. The Morgan fingerprint density at radius 3 is 2.28 bits per heavy atom. The molecule has 1 heterocycles. The van der Waals surface area contributed by atoms with E-state index < -0.39 is 39.0 Å². The summed E-state index contributed by atoms with van der Waals surface area (Å²) in [5.41, 5.74) is -2.16. The van der Waals surface area contributed by atoms with Gasteiger partial charge in [0.15, 0.2) is 0 Å². The van der Waals surface area contributed by atoms with E-state index in [1.807, 2.05) is 13.8 Å². The minimum atomic E-state index is -4.73. The maximum Gasteiger partial charge on any atom is 0.416 e. The van der Waals surface area contributed by atoms with Crippen molar-refractivity contribution in [1.29, 1.82) is 0 Å². The number of likely N-dealkylation sites (tertiary alicyclic amines) is 1. The number of benzene rings is 1. The third-order valence-corrected chi connectivity index (χ3v) is 7.93. The van der Waals surface area contributed by atoms with Crippen molar-refractivity contribution in [2.75, 3.05) is 26.2 Å². The standard InChI is InChI=1S/C21H29F4N3O3S/c1-20(2,27-32(30,31)18-3-4-18)13-28-7-5-14(6-8-28)12-26-19(29)15-9-16(21(23,24)25)11-17(22)10-15/h9-11,14,18,27H,3-8,12-13H2,1-2H3,(H,26,29). The van der Waals surface area contributed by atoms with E-state index >= 15 is 0 Å². The summed E-state index contributed by atoms with van der Waals surface area (Å²) >= 11 is 0. The molecular weight excluding hydrogens is 450 g/mol. The Bertz CT molecular complexity index is 938. The highest BCUT2D eigenvalue weighted by molar-refractivity contribution is 7.90. The molecule has 0 atom stereocenters. The van der Waals surface area contributed by atoms with E-state index in [0.29, 0.717) is 44.6 Å². The Balaban J connectivity index is 1.46. The van der Waals surface area contributed by atoms with E-state index in [4.69, 9.17) is 0 Å². The van der Waals surface area contributed by atoms with E-state index in [0.717, 1.165) is 18.9 Å². The van der Waals surface area contributed by atoms with Gasteiger partial charge in [0.1, 0.15) is 5.82 Å². The van der Waals surface area contributed by atoms with E-state index in [1.165, 1.54) is 0 Å². The van der Waals surface area contributed by atoms with Crippen molar-refractivity contribution in [3.8, 4) is 0 Å². The number of rotatable bonds is 8. The fourth-order valence-corrected chi connectivity index (χ4v) is 5.77. The molecule has 11 heteroatoms. The number of piperidine rings is 1. The monoisotopic (exact) mass is 479 g/mol. The molecule has 1 aliphatic heterocycles. The molecule has 32 heavy (non-hydrogen) atoms. The van der Waals surface area contributed by atoms with Crippen LogP contribution in [0.15, 0.2) is 18.2 Å². The molecular formula is C21H29F4N3O3S. The molecule has 0 unspecified atom stereocenters. The lowest BCUT2D eigenvalue weighted by atomic mass is 9.95. The maximum absolute atomic E-state index is 13.5. The summed E-state index contributed by atoms with van der Waals surface area (Å²) < 4.78 is 79.2. The number of amides is 1. The van der Waals surface area contributed by atoms with Crippen LogP contribution in [0.1, 0.15) is 55.5 Å². The molecule has 3 rings (SSSR count). The van der Waals surface area contributed by atoms with Crippen LogP contribution >= 0.6 is 0 Å². The number of carbonyl (C=O) groups excluding carboxylic acids is 1. The second-order valence-corrected chi connectivity index (χ2v) is 11.3. The van der Waals surface area contributed by atoms with Gasteiger partial charge in [0, 0.05) is 24.2 Å². The van der Waals surface area contributed by atoms with Gasteiger partial charge in [0.2, 0.25) is 10.0 Å². The smallest absolute Gasteiger partial charge is 0.352 e. The number of hydrogen-bond donors (Lipinski definition) is 2. The zero-order valence-corrected chi connectivity index (χ0v) is 19.0. The lowest BCUT2D eigenvalue weighted by Crippen LogP contribution is -2.53. The number of carbonyl (C=O) groups is 1. The predicted octanol–water partition coefficient (Wildman–Crippen LogP) is 3.15. The summed E-state index contributed by atoms with van der Waals surface area (Å²) in [6.45, 7) is 5.98. The van der Waals surface area contributed by atoms with Gasteiger partial charge < -0.3 is 10.2 Å². The van der Waals surface area contributed by atoms with Gasteiger partial charge in [0.05, 0.1) is 10.8 Å². The third kappa shape index (κ3) is 6.89. The summed E-state index contributed by atoms with van der Waals surface area (Å²) in [5, 5.41) is 2.33. The molecule has 1 aromatic rings. The lowest BCUT2D eigenvalue weighted by molar-refractivity contribution is -0.137. The van der Waals surface area contributed by atoms with Crippen molar-refractivity contribution >= 4 is 15.9 Å².